The maximum atomic E-state index is 12.7. The third-order valence-electron chi connectivity index (χ3n) is 5.06. The van der Waals surface area contributed by atoms with E-state index in [1.54, 1.807) is 29.2 Å². The van der Waals surface area contributed by atoms with E-state index in [-0.39, 0.29) is 17.7 Å². The highest BCUT2D eigenvalue weighted by Gasteiger charge is 2.25. The summed E-state index contributed by atoms with van der Waals surface area (Å²) < 4.78 is 25.3. The quantitative estimate of drug-likeness (QED) is 0.818. The van der Waals surface area contributed by atoms with Crippen molar-refractivity contribution in [3.05, 3.63) is 24.3 Å². The molecule has 0 saturated carbocycles. The molecule has 0 aliphatic carbocycles. The number of hydrogen-bond acceptors (Lipinski definition) is 4. The van der Waals surface area contributed by atoms with Crippen LogP contribution in [0.15, 0.2) is 29.2 Å². The van der Waals surface area contributed by atoms with Gasteiger partial charge in [-0.2, -0.15) is 0 Å². The van der Waals surface area contributed by atoms with Gasteiger partial charge in [-0.25, -0.2) is 8.42 Å². The van der Waals surface area contributed by atoms with Gasteiger partial charge in [0.15, 0.2) is 9.84 Å². The maximum absolute atomic E-state index is 12.7. The summed E-state index contributed by atoms with van der Waals surface area (Å²) >= 11 is 0. The Hall–Kier alpha value is -1.40. The average molecular weight is 350 g/mol. The monoisotopic (exact) mass is 350 g/mol. The molecule has 1 aromatic carbocycles. The van der Waals surface area contributed by atoms with E-state index in [0.29, 0.717) is 11.3 Å². The highest BCUT2D eigenvalue weighted by Crippen LogP contribution is 2.24. The normalized spacial score (nSPS) is 21.2. The molecule has 0 spiro atoms. The summed E-state index contributed by atoms with van der Waals surface area (Å²) in [6.45, 7) is 4.70. The van der Waals surface area contributed by atoms with Crippen molar-refractivity contribution in [2.75, 3.05) is 30.3 Å². The largest absolute Gasteiger partial charge is 0.312 e. The SMILES string of the molecule is CC(CS(=O)(=O)c1ccc(N2CCCC2=O)cc1)N1CCCCC1. The van der Waals surface area contributed by atoms with Crippen molar-refractivity contribution in [2.45, 2.75) is 50.0 Å². The lowest BCUT2D eigenvalue weighted by atomic mass is 10.1. The Balaban J connectivity index is 1.69. The highest BCUT2D eigenvalue weighted by atomic mass is 32.2. The summed E-state index contributed by atoms with van der Waals surface area (Å²) in [5, 5.41) is 0. The zero-order valence-electron chi connectivity index (χ0n) is 14.3. The van der Waals surface area contributed by atoms with E-state index in [2.05, 4.69) is 4.90 Å². The molecule has 1 atom stereocenters. The van der Waals surface area contributed by atoms with Crippen LogP contribution in [0.1, 0.15) is 39.0 Å². The fraction of sp³-hybridized carbons (Fsp3) is 0.611. The lowest BCUT2D eigenvalue weighted by Gasteiger charge is -2.32. The molecular formula is C18H26N2O3S. The van der Waals surface area contributed by atoms with Crippen LogP contribution in [0.4, 0.5) is 5.69 Å². The minimum absolute atomic E-state index is 0.0372. The van der Waals surface area contributed by atoms with Crippen LogP contribution in [0.3, 0.4) is 0 Å². The second kappa shape index (κ2) is 7.23. The molecule has 0 aromatic heterocycles. The smallest absolute Gasteiger partial charge is 0.227 e. The van der Waals surface area contributed by atoms with E-state index in [9.17, 15) is 13.2 Å². The Bertz CT molecular complexity index is 679. The van der Waals surface area contributed by atoms with E-state index in [1.807, 2.05) is 6.92 Å². The van der Waals surface area contributed by atoms with Gasteiger partial charge < -0.3 is 4.90 Å². The molecule has 5 nitrogen and oxygen atoms in total. The minimum Gasteiger partial charge on any atom is -0.312 e. The van der Waals surface area contributed by atoms with Crippen molar-refractivity contribution >= 4 is 21.4 Å². The summed E-state index contributed by atoms with van der Waals surface area (Å²) in [5.74, 6) is 0.263. The van der Waals surface area contributed by atoms with Crippen LogP contribution in [0, 0.1) is 0 Å². The maximum Gasteiger partial charge on any atom is 0.227 e. The molecule has 2 aliphatic heterocycles. The van der Waals surface area contributed by atoms with Gasteiger partial charge in [-0.05, 0) is 63.5 Å². The second-order valence-corrected chi connectivity index (χ2v) is 8.90. The van der Waals surface area contributed by atoms with Gasteiger partial charge in [-0.3, -0.25) is 9.69 Å². The molecule has 0 bridgehead atoms. The third kappa shape index (κ3) is 3.81. The minimum atomic E-state index is -3.31. The first-order valence-electron chi connectivity index (χ1n) is 8.84. The van der Waals surface area contributed by atoms with Crippen LogP contribution in [-0.2, 0) is 14.6 Å². The molecule has 2 heterocycles. The van der Waals surface area contributed by atoms with Gasteiger partial charge >= 0.3 is 0 Å². The molecule has 0 radical (unpaired) electrons. The van der Waals surface area contributed by atoms with Crippen LogP contribution in [0.5, 0.6) is 0 Å². The van der Waals surface area contributed by atoms with Gasteiger partial charge in [0.2, 0.25) is 5.91 Å². The Morgan fingerprint density at radius 1 is 1.00 bits per heavy atom. The number of amides is 1. The molecule has 132 valence electrons. The van der Waals surface area contributed by atoms with Crippen LogP contribution >= 0.6 is 0 Å². The van der Waals surface area contributed by atoms with E-state index in [1.165, 1.54) is 6.42 Å². The topological polar surface area (TPSA) is 57.7 Å². The highest BCUT2D eigenvalue weighted by molar-refractivity contribution is 7.91. The lowest BCUT2D eigenvalue weighted by molar-refractivity contribution is -0.117. The van der Waals surface area contributed by atoms with Gasteiger partial charge in [-0.1, -0.05) is 6.42 Å². The molecule has 3 rings (SSSR count). The van der Waals surface area contributed by atoms with Gasteiger partial charge in [-0.15, -0.1) is 0 Å². The Morgan fingerprint density at radius 2 is 1.67 bits per heavy atom. The third-order valence-corrected chi connectivity index (χ3v) is 6.97. The molecule has 1 aromatic rings. The Morgan fingerprint density at radius 3 is 2.25 bits per heavy atom. The zero-order valence-corrected chi connectivity index (χ0v) is 15.1. The number of carbonyl (C=O) groups excluding carboxylic acids is 1. The number of nitrogens with zero attached hydrogens (tertiary/aromatic N) is 2. The number of hydrogen-bond donors (Lipinski definition) is 0. The number of sulfone groups is 1. The summed E-state index contributed by atoms with van der Waals surface area (Å²) in [5.41, 5.74) is 0.792. The van der Waals surface area contributed by atoms with Crippen molar-refractivity contribution in [1.29, 1.82) is 0 Å². The van der Waals surface area contributed by atoms with Gasteiger partial charge in [0.1, 0.15) is 0 Å². The summed E-state index contributed by atoms with van der Waals surface area (Å²) in [6, 6.07) is 6.82. The van der Waals surface area contributed by atoms with E-state index in [4.69, 9.17) is 0 Å². The van der Waals surface area contributed by atoms with E-state index >= 15 is 0 Å². The Kier molecular flexibility index (Phi) is 5.25. The molecule has 2 saturated heterocycles. The van der Waals surface area contributed by atoms with Crippen molar-refractivity contribution in [2.24, 2.45) is 0 Å². The number of carbonyl (C=O) groups is 1. The molecule has 24 heavy (non-hydrogen) atoms. The number of anilines is 1. The van der Waals surface area contributed by atoms with E-state index in [0.717, 1.165) is 44.6 Å². The molecule has 1 amide bonds. The first-order valence-corrected chi connectivity index (χ1v) is 10.5. The number of rotatable bonds is 5. The fourth-order valence-corrected chi connectivity index (χ4v) is 5.22. The number of likely N-dealkylation sites (tertiary alicyclic amines) is 1. The van der Waals surface area contributed by atoms with Gasteiger partial charge in [0, 0.05) is 24.7 Å². The van der Waals surface area contributed by atoms with E-state index < -0.39 is 9.84 Å². The number of benzene rings is 1. The predicted octanol–water partition coefficient (Wildman–Crippen LogP) is 2.46. The summed E-state index contributed by atoms with van der Waals surface area (Å²) in [7, 11) is -3.31. The van der Waals surface area contributed by atoms with Crippen molar-refractivity contribution in [1.82, 2.24) is 4.90 Å². The first kappa shape index (κ1) is 17.4. The fourth-order valence-electron chi connectivity index (χ4n) is 3.63. The predicted molar refractivity (Wildman–Crippen MR) is 95.0 cm³/mol. The van der Waals surface area contributed by atoms with Crippen LogP contribution in [0.2, 0.25) is 0 Å². The molecular weight excluding hydrogens is 324 g/mol. The van der Waals surface area contributed by atoms with Crippen LogP contribution < -0.4 is 4.90 Å². The first-order chi connectivity index (χ1) is 11.5. The van der Waals surface area contributed by atoms with Crippen LogP contribution in [0.25, 0.3) is 0 Å². The molecule has 0 N–H and O–H groups in total. The Labute approximate surface area is 144 Å². The van der Waals surface area contributed by atoms with Crippen molar-refractivity contribution in [3.8, 4) is 0 Å². The average Bonchev–Trinajstić information content (AvgIpc) is 3.01. The number of piperidine rings is 1. The second-order valence-electron chi connectivity index (χ2n) is 6.87. The molecule has 2 fully saturated rings. The van der Waals surface area contributed by atoms with Crippen molar-refractivity contribution in [3.63, 3.8) is 0 Å². The molecule has 1 unspecified atom stereocenters. The summed E-state index contributed by atoms with van der Waals surface area (Å²) in [4.78, 5) is 16.1. The van der Waals surface area contributed by atoms with Crippen LogP contribution in [-0.4, -0.2) is 50.7 Å². The molecule has 2 aliphatic rings. The standard InChI is InChI=1S/C18H26N2O3S/c1-15(19-11-3-2-4-12-19)14-24(22,23)17-9-7-16(8-10-17)20-13-5-6-18(20)21/h7-10,15H,2-6,11-14H2,1H3. The van der Waals surface area contributed by atoms with Crippen molar-refractivity contribution < 1.29 is 13.2 Å². The van der Waals surface area contributed by atoms with Gasteiger partial charge in [0.25, 0.3) is 0 Å². The zero-order chi connectivity index (χ0) is 17.2. The summed E-state index contributed by atoms with van der Waals surface area (Å²) in [6.07, 6.45) is 5.00. The van der Waals surface area contributed by atoms with Gasteiger partial charge in [0.05, 0.1) is 10.6 Å². The lowest BCUT2D eigenvalue weighted by Crippen LogP contribution is -2.41. The molecule has 6 heteroatoms.